The molecule has 0 saturated carbocycles. The summed E-state index contributed by atoms with van der Waals surface area (Å²) in [5.74, 6) is 1.01. The van der Waals surface area contributed by atoms with Gasteiger partial charge in [-0.3, -0.25) is 14.5 Å². The van der Waals surface area contributed by atoms with E-state index in [-0.39, 0.29) is 24.5 Å². The van der Waals surface area contributed by atoms with E-state index < -0.39 is 6.04 Å². The first-order valence-corrected chi connectivity index (χ1v) is 13.8. The molecule has 2 aliphatic rings. The molecule has 0 radical (unpaired) electrons. The number of rotatable bonds is 11. The van der Waals surface area contributed by atoms with E-state index in [2.05, 4.69) is 25.6 Å². The second-order valence-corrected chi connectivity index (χ2v) is 10.4. The van der Waals surface area contributed by atoms with Gasteiger partial charge in [-0.2, -0.15) is 4.80 Å². The number of tetrazole rings is 1. The number of nitrogens with zero attached hydrogens (tertiary/aromatic N) is 6. The van der Waals surface area contributed by atoms with E-state index >= 15 is 0 Å². The van der Waals surface area contributed by atoms with Crippen LogP contribution in [0.1, 0.15) is 29.5 Å². The van der Waals surface area contributed by atoms with E-state index in [0.717, 1.165) is 36.6 Å². The number of hydrogen-bond acceptors (Lipinski definition) is 10. The minimum atomic E-state index is -0.777. The van der Waals surface area contributed by atoms with Crippen molar-refractivity contribution < 1.29 is 23.5 Å². The van der Waals surface area contributed by atoms with Crippen LogP contribution in [0.15, 0.2) is 34.1 Å². The van der Waals surface area contributed by atoms with Crippen molar-refractivity contribution >= 4 is 23.2 Å². The fourth-order valence-corrected chi connectivity index (χ4v) is 5.47. The fourth-order valence-electron chi connectivity index (χ4n) is 4.63. The van der Waals surface area contributed by atoms with Crippen molar-refractivity contribution in [2.75, 3.05) is 52.5 Å². The third-order valence-corrected chi connectivity index (χ3v) is 7.60. The van der Waals surface area contributed by atoms with E-state index in [1.807, 2.05) is 30.5 Å². The monoisotopic (exact) mass is 543 g/mol. The van der Waals surface area contributed by atoms with Crippen molar-refractivity contribution in [3.8, 4) is 11.6 Å². The lowest BCUT2D eigenvalue weighted by Gasteiger charge is -2.34. The van der Waals surface area contributed by atoms with Gasteiger partial charge in [-0.25, -0.2) is 0 Å². The molecule has 0 aliphatic carbocycles. The number of morpholine rings is 1. The van der Waals surface area contributed by atoms with Gasteiger partial charge in [0, 0.05) is 44.2 Å². The minimum Gasteiger partial charge on any atom is -0.458 e. The lowest BCUT2D eigenvalue weighted by molar-refractivity contribution is -0.142. The number of amides is 2. The predicted molar refractivity (Wildman–Crippen MR) is 138 cm³/mol. The number of ether oxygens (including phenoxy) is 2. The second-order valence-electron chi connectivity index (χ2n) is 9.39. The van der Waals surface area contributed by atoms with E-state index in [1.54, 1.807) is 11.0 Å². The maximum atomic E-state index is 13.8. The summed E-state index contributed by atoms with van der Waals surface area (Å²) >= 11 is 1.45. The fraction of sp³-hybridized carbons (Fsp3) is 0.560. The molecular weight excluding hydrogens is 510 g/mol. The molecule has 2 amide bonds. The maximum absolute atomic E-state index is 13.8. The van der Waals surface area contributed by atoms with Gasteiger partial charge in [-0.1, -0.05) is 6.07 Å². The summed E-state index contributed by atoms with van der Waals surface area (Å²) in [7, 11) is 0. The molecule has 2 fully saturated rings. The summed E-state index contributed by atoms with van der Waals surface area (Å²) in [6.45, 7) is 6.68. The predicted octanol–water partition coefficient (Wildman–Crippen LogP) is 1.50. The number of furan rings is 1. The van der Waals surface area contributed by atoms with Gasteiger partial charge in [-0.15, -0.1) is 21.5 Å². The maximum Gasteiger partial charge on any atom is 0.248 e. The van der Waals surface area contributed by atoms with Gasteiger partial charge >= 0.3 is 0 Å². The van der Waals surface area contributed by atoms with Crippen molar-refractivity contribution in [2.24, 2.45) is 0 Å². The van der Waals surface area contributed by atoms with E-state index in [9.17, 15) is 9.59 Å². The standard InChI is InChI=1S/C25H33N7O5S/c1-18-6-7-20(37-18)24-27-29-32(28-24)17-22(33)31(9-8-30-10-13-35-14-11-30)23(21-5-3-15-38-21)25(34)26-16-19-4-2-12-36-19/h3,5-7,15,19,23H,2,4,8-14,16-17H2,1H3,(H,26,34)/t19-,23+/m0/s1. The zero-order chi connectivity index (χ0) is 26.3. The zero-order valence-corrected chi connectivity index (χ0v) is 22.3. The number of hydrogen-bond donors (Lipinski definition) is 1. The highest BCUT2D eigenvalue weighted by atomic mass is 32.1. The molecule has 2 saturated heterocycles. The molecule has 5 heterocycles. The zero-order valence-electron chi connectivity index (χ0n) is 21.5. The molecular formula is C25H33N7O5S. The van der Waals surface area contributed by atoms with Gasteiger partial charge in [-0.05, 0) is 48.6 Å². The van der Waals surface area contributed by atoms with Gasteiger partial charge in [0.05, 0.1) is 19.3 Å². The Labute approximate surface area is 224 Å². The molecule has 0 bridgehead atoms. The number of carbonyl (C=O) groups excluding carboxylic acids is 2. The van der Waals surface area contributed by atoms with Crippen LogP contribution in [0.2, 0.25) is 0 Å². The van der Waals surface area contributed by atoms with Gasteiger partial charge in [0.25, 0.3) is 0 Å². The second kappa shape index (κ2) is 12.6. The largest absolute Gasteiger partial charge is 0.458 e. The number of aryl methyl sites for hydroxylation is 1. The third kappa shape index (κ3) is 6.65. The normalized spacial score (nSPS) is 18.9. The number of aromatic nitrogens is 4. The Kier molecular flexibility index (Phi) is 8.79. The van der Waals surface area contributed by atoms with Crippen LogP contribution < -0.4 is 5.32 Å². The molecule has 38 heavy (non-hydrogen) atoms. The number of nitrogens with one attached hydrogen (secondary N) is 1. The van der Waals surface area contributed by atoms with Crippen molar-refractivity contribution in [2.45, 2.75) is 38.5 Å². The first kappa shape index (κ1) is 26.5. The van der Waals surface area contributed by atoms with Crippen LogP contribution >= 0.6 is 11.3 Å². The molecule has 0 spiro atoms. The number of thiophene rings is 1. The Bertz CT molecular complexity index is 1180. The first-order chi connectivity index (χ1) is 18.6. The van der Waals surface area contributed by atoms with Gasteiger partial charge in [0.1, 0.15) is 18.3 Å². The molecule has 204 valence electrons. The Morgan fingerprint density at radius 3 is 2.82 bits per heavy atom. The van der Waals surface area contributed by atoms with Crippen LogP contribution in [0.4, 0.5) is 0 Å². The van der Waals surface area contributed by atoms with E-state index in [4.69, 9.17) is 13.9 Å². The highest BCUT2D eigenvalue weighted by Crippen LogP contribution is 2.27. The summed E-state index contributed by atoms with van der Waals surface area (Å²) in [5, 5.41) is 17.4. The molecule has 0 unspecified atom stereocenters. The van der Waals surface area contributed by atoms with Crippen molar-refractivity contribution in [1.29, 1.82) is 0 Å². The molecule has 12 nitrogen and oxygen atoms in total. The third-order valence-electron chi connectivity index (χ3n) is 6.67. The highest BCUT2D eigenvalue weighted by Gasteiger charge is 2.33. The van der Waals surface area contributed by atoms with Gasteiger partial charge in [0.2, 0.25) is 17.6 Å². The van der Waals surface area contributed by atoms with Crippen LogP contribution in [0.3, 0.4) is 0 Å². The Morgan fingerprint density at radius 1 is 1.24 bits per heavy atom. The summed E-state index contributed by atoms with van der Waals surface area (Å²) < 4.78 is 16.7. The average molecular weight is 544 g/mol. The van der Waals surface area contributed by atoms with Crippen LogP contribution in [-0.2, 0) is 25.6 Å². The average Bonchev–Trinajstić information content (AvgIpc) is 3.74. The van der Waals surface area contributed by atoms with Crippen LogP contribution in [0, 0.1) is 6.92 Å². The Balaban J connectivity index is 1.34. The van der Waals surface area contributed by atoms with E-state index in [1.165, 1.54) is 16.1 Å². The summed E-state index contributed by atoms with van der Waals surface area (Å²) in [6, 6.07) is 6.58. The van der Waals surface area contributed by atoms with Gasteiger partial charge in [0.15, 0.2) is 5.76 Å². The SMILES string of the molecule is Cc1ccc(-c2nnn(CC(=O)N(CCN3CCOCC3)[C@@H](C(=O)NC[C@@H]3CCCO3)c3cccs3)n2)o1. The van der Waals surface area contributed by atoms with Crippen LogP contribution in [0.25, 0.3) is 11.6 Å². The minimum absolute atomic E-state index is 0.00319. The molecule has 1 N–H and O–H groups in total. The summed E-state index contributed by atoms with van der Waals surface area (Å²) in [4.78, 5) is 33.3. The Hall–Kier alpha value is -3.13. The summed E-state index contributed by atoms with van der Waals surface area (Å²) in [6.07, 6.45) is 1.91. The first-order valence-electron chi connectivity index (χ1n) is 12.9. The topological polar surface area (TPSA) is 128 Å². The van der Waals surface area contributed by atoms with Crippen LogP contribution in [-0.4, -0.2) is 100 Å². The van der Waals surface area contributed by atoms with Crippen molar-refractivity contribution in [3.63, 3.8) is 0 Å². The van der Waals surface area contributed by atoms with Crippen molar-refractivity contribution in [3.05, 3.63) is 40.3 Å². The highest BCUT2D eigenvalue weighted by molar-refractivity contribution is 7.10. The molecule has 2 aliphatic heterocycles. The lowest BCUT2D eigenvalue weighted by Crippen LogP contribution is -2.49. The lowest BCUT2D eigenvalue weighted by atomic mass is 10.1. The molecule has 2 atom stereocenters. The molecule has 0 aromatic carbocycles. The molecule has 3 aromatic rings. The number of carbonyl (C=O) groups is 2. The van der Waals surface area contributed by atoms with Crippen molar-refractivity contribution in [1.82, 2.24) is 35.3 Å². The Morgan fingerprint density at radius 2 is 2.11 bits per heavy atom. The van der Waals surface area contributed by atoms with E-state index in [0.29, 0.717) is 51.0 Å². The smallest absolute Gasteiger partial charge is 0.248 e. The molecule has 13 heteroatoms. The quantitative estimate of drug-likeness (QED) is 0.383. The summed E-state index contributed by atoms with van der Waals surface area (Å²) in [5.41, 5.74) is 0. The van der Waals surface area contributed by atoms with Gasteiger partial charge < -0.3 is 24.1 Å². The molecule has 3 aromatic heterocycles. The molecule has 5 rings (SSSR count). The van der Waals surface area contributed by atoms with Crippen LogP contribution in [0.5, 0.6) is 0 Å².